The Kier molecular flexibility index (Phi) is 5.33. The number of ether oxygens (including phenoxy) is 2. The van der Waals surface area contributed by atoms with Crippen LogP contribution in [0.1, 0.15) is 0 Å². The van der Waals surface area contributed by atoms with Crippen molar-refractivity contribution in [3.05, 3.63) is 39.8 Å². The van der Waals surface area contributed by atoms with Gasteiger partial charge in [0.1, 0.15) is 11.6 Å². The molecule has 1 aromatic carbocycles. The number of nitrogens with two attached hydrogens (primary N) is 1. The summed E-state index contributed by atoms with van der Waals surface area (Å²) in [4.78, 5) is 35.5. The van der Waals surface area contributed by atoms with Crippen LogP contribution < -0.4 is 26.1 Å². The number of nitrogens with zero attached hydrogens (tertiary/aromatic N) is 2. The maximum atomic E-state index is 12.2. The van der Waals surface area contributed by atoms with Gasteiger partial charge in [-0.15, -0.1) is 11.8 Å². The van der Waals surface area contributed by atoms with Gasteiger partial charge in [0.2, 0.25) is 18.6 Å². The minimum absolute atomic E-state index is 0.0323. The van der Waals surface area contributed by atoms with Crippen LogP contribution in [0.2, 0.25) is 5.02 Å². The molecule has 0 fully saturated rings. The lowest BCUT2D eigenvalue weighted by atomic mass is 10.3. The molecule has 1 aliphatic rings. The van der Waals surface area contributed by atoms with E-state index in [1.54, 1.807) is 18.2 Å². The standard InChI is InChI=1S/C15H13ClN4O5S/c16-14-11(26-6-12(17)21)4-18-20(15(14)23)5-13(22)19-8-1-2-9-10(3-8)25-7-24-9/h1-4H,5-7H2,(H2,17,21)(H,19,22). The number of nitrogens with one attached hydrogen (secondary N) is 1. The number of hydrogen-bond donors (Lipinski definition) is 2. The van der Waals surface area contributed by atoms with Crippen LogP contribution >= 0.6 is 23.4 Å². The van der Waals surface area contributed by atoms with Gasteiger partial charge in [0.05, 0.1) is 16.8 Å². The van der Waals surface area contributed by atoms with Gasteiger partial charge >= 0.3 is 0 Å². The monoisotopic (exact) mass is 396 g/mol. The molecule has 3 N–H and O–H groups in total. The van der Waals surface area contributed by atoms with Gasteiger partial charge in [-0.3, -0.25) is 14.4 Å². The smallest absolute Gasteiger partial charge is 0.287 e. The lowest BCUT2D eigenvalue weighted by Gasteiger charge is -2.09. The average molecular weight is 397 g/mol. The molecular weight excluding hydrogens is 384 g/mol. The topological polar surface area (TPSA) is 126 Å². The summed E-state index contributed by atoms with van der Waals surface area (Å²) >= 11 is 6.98. The van der Waals surface area contributed by atoms with E-state index in [1.165, 1.54) is 6.20 Å². The fraction of sp³-hybridized carbons (Fsp3) is 0.200. The first kappa shape index (κ1) is 18.1. The highest BCUT2D eigenvalue weighted by atomic mass is 35.5. The molecule has 0 radical (unpaired) electrons. The van der Waals surface area contributed by atoms with E-state index in [0.717, 1.165) is 16.4 Å². The molecule has 1 aliphatic heterocycles. The van der Waals surface area contributed by atoms with Crippen LogP contribution in [0.4, 0.5) is 5.69 Å². The predicted octanol–water partition coefficient (Wildman–Crippen LogP) is 0.841. The Bertz CT molecular complexity index is 933. The van der Waals surface area contributed by atoms with Crippen LogP contribution in [-0.4, -0.2) is 34.1 Å². The fourth-order valence-corrected chi connectivity index (χ4v) is 3.07. The summed E-state index contributed by atoms with van der Waals surface area (Å²) in [6.07, 6.45) is 1.31. The second kappa shape index (κ2) is 7.67. The molecule has 0 spiro atoms. The number of carbonyl (C=O) groups is 2. The summed E-state index contributed by atoms with van der Waals surface area (Å²) < 4.78 is 11.4. The van der Waals surface area contributed by atoms with Gasteiger partial charge < -0.3 is 20.5 Å². The highest BCUT2D eigenvalue weighted by Gasteiger charge is 2.16. The van der Waals surface area contributed by atoms with Crippen LogP contribution in [0, 0.1) is 0 Å². The van der Waals surface area contributed by atoms with Crippen molar-refractivity contribution in [2.45, 2.75) is 11.4 Å². The molecule has 1 aromatic heterocycles. The van der Waals surface area contributed by atoms with Crippen LogP contribution in [0.5, 0.6) is 11.5 Å². The Balaban J connectivity index is 1.68. The predicted molar refractivity (Wildman–Crippen MR) is 94.6 cm³/mol. The molecule has 2 heterocycles. The van der Waals surface area contributed by atoms with Crippen molar-refractivity contribution in [3.63, 3.8) is 0 Å². The lowest BCUT2D eigenvalue weighted by Crippen LogP contribution is -2.30. The van der Waals surface area contributed by atoms with E-state index in [4.69, 9.17) is 26.8 Å². The molecule has 136 valence electrons. The number of anilines is 1. The minimum Gasteiger partial charge on any atom is -0.454 e. The third-order valence-corrected chi connectivity index (χ3v) is 4.80. The van der Waals surface area contributed by atoms with Crippen molar-refractivity contribution in [1.29, 1.82) is 0 Å². The number of halogens is 1. The SMILES string of the molecule is NC(=O)CSc1cnn(CC(=O)Nc2ccc3c(c2)OCO3)c(=O)c1Cl. The summed E-state index contributed by atoms with van der Waals surface area (Å²) in [5, 5.41) is 6.41. The molecule has 3 rings (SSSR count). The summed E-state index contributed by atoms with van der Waals surface area (Å²) in [6.45, 7) is -0.196. The van der Waals surface area contributed by atoms with Gasteiger partial charge in [-0.2, -0.15) is 5.10 Å². The second-order valence-corrected chi connectivity index (χ2v) is 6.55. The van der Waals surface area contributed by atoms with Crippen LogP contribution in [-0.2, 0) is 16.1 Å². The number of primary amides is 1. The molecule has 11 heteroatoms. The van der Waals surface area contributed by atoms with E-state index in [2.05, 4.69) is 10.4 Å². The highest BCUT2D eigenvalue weighted by molar-refractivity contribution is 8.00. The molecule has 26 heavy (non-hydrogen) atoms. The van der Waals surface area contributed by atoms with E-state index in [-0.39, 0.29) is 24.1 Å². The van der Waals surface area contributed by atoms with E-state index in [1.807, 2.05) is 0 Å². The van der Waals surface area contributed by atoms with E-state index >= 15 is 0 Å². The molecule has 2 aromatic rings. The Hall–Kier alpha value is -2.72. The zero-order valence-corrected chi connectivity index (χ0v) is 14.8. The van der Waals surface area contributed by atoms with E-state index in [0.29, 0.717) is 22.1 Å². The molecule has 0 aliphatic carbocycles. The Morgan fingerprint density at radius 3 is 2.88 bits per heavy atom. The van der Waals surface area contributed by atoms with Gasteiger partial charge in [0.25, 0.3) is 5.56 Å². The van der Waals surface area contributed by atoms with Crippen molar-refractivity contribution in [2.75, 3.05) is 17.9 Å². The number of benzene rings is 1. The summed E-state index contributed by atoms with van der Waals surface area (Å²) in [6, 6.07) is 4.94. The Morgan fingerprint density at radius 1 is 1.35 bits per heavy atom. The van der Waals surface area contributed by atoms with Crippen LogP contribution in [0.3, 0.4) is 0 Å². The largest absolute Gasteiger partial charge is 0.454 e. The van der Waals surface area contributed by atoms with Crippen molar-refractivity contribution >= 4 is 40.9 Å². The molecule has 0 bridgehead atoms. The van der Waals surface area contributed by atoms with Gasteiger partial charge in [0.15, 0.2) is 11.5 Å². The summed E-state index contributed by atoms with van der Waals surface area (Å²) in [5.41, 5.74) is 4.91. The normalized spacial score (nSPS) is 12.0. The van der Waals surface area contributed by atoms with Crippen molar-refractivity contribution in [1.82, 2.24) is 9.78 Å². The van der Waals surface area contributed by atoms with Crippen LogP contribution in [0.15, 0.2) is 34.1 Å². The van der Waals surface area contributed by atoms with E-state index < -0.39 is 17.4 Å². The second-order valence-electron chi connectivity index (χ2n) is 5.16. The average Bonchev–Trinajstić information content (AvgIpc) is 3.06. The maximum absolute atomic E-state index is 12.2. The van der Waals surface area contributed by atoms with Gasteiger partial charge in [-0.05, 0) is 12.1 Å². The zero-order valence-electron chi connectivity index (χ0n) is 13.2. The number of thioether (sulfide) groups is 1. The summed E-state index contributed by atoms with van der Waals surface area (Å²) in [5.74, 6) is 0.0780. The number of amides is 2. The Labute approximate surface area is 156 Å². The third-order valence-electron chi connectivity index (χ3n) is 3.27. The first-order valence-corrected chi connectivity index (χ1v) is 8.66. The van der Waals surface area contributed by atoms with Gasteiger partial charge in [0, 0.05) is 11.8 Å². The minimum atomic E-state index is -0.637. The first-order valence-electron chi connectivity index (χ1n) is 7.30. The summed E-state index contributed by atoms with van der Waals surface area (Å²) in [7, 11) is 0. The molecule has 0 saturated carbocycles. The van der Waals surface area contributed by atoms with Crippen LogP contribution in [0.25, 0.3) is 0 Å². The number of rotatable bonds is 6. The van der Waals surface area contributed by atoms with Gasteiger partial charge in [-0.25, -0.2) is 4.68 Å². The highest BCUT2D eigenvalue weighted by Crippen LogP contribution is 2.34. The van der Waals surface area contributed by atoms with E-state index in [9.17, 15) is 14.4 Å². The quantitative estimate of drug-likeness (QED) is 0.693. The molecular formula is C15H13ClN4O5S. The van der Waals surface area contributed by atoms with Crippen molar-refractivity contribution in [2.24, 2.45) is 5.73 Å². The van der Waals surface area contributed by atoms with Crippen molar-refractivity contribution < 1.29 is 19.1 Å². The third kappa shape index (κ3) is 4.09. The molecule has 0 atom stereocenters. The molecule has 0 unspecified atom stereocenters. The Morgan fingerprint density at radius 2 is 2.12 bits per heavy atom. The number of fused-ring (bicyclic) bond motifs is 1. The van der Waals surface area contributed by atoms with Gasteiger partial charge in [-0.1, -0.05) is 11.6 Å². The number of hydrogen-bond acceptors (Lipinski definition) is 7. The number of aromatic nitrogens is 2. The first-order chi connectivity index (χ1) is 12.4. The molecule has 9 nitrogen and oxygen atoms in total. The number of carbonyl (C=O) groups excluding carboxylic acids is 2. The molecule has 0 saturated heterocycles. The lowest BCUT2D eigenvalue weighted by molar-refractivity contribution is -0.117. The maximum Gasteiger partial charge on any atom is 0.287 e. The fourth-order valence-electron chi connectivity index (χ4n) is 2.12. The zero-order chi connectivity index (χ0) is 18.7. The molecule has 2 amide bonds. The van der Waals surface area contributed by atoms with Crippen molar-refractivity contribution in [3.8, 4) is 11.5 Å².